The van der Waals surface area contributed by atoms with Gasteiger partial charge in [0.05, 0.1) is 16.9 Å². The van der Waals surface area contributed by atoms with E-state index in [0.29, 0.717) is 5.15 Å². The summed E-state index contributed by atoms with van der Waals surface area (Å²) < 4.78 is 2.07. The predicted octanol–water partition coefficient (Wildman–Crippen LogP) is 3.25. The van der Waals surface area contributed by atoms with E-state index in [2.05, 4.69) is 32.5 Å². The minimum atomic E-state index is 0.497. The molecule has 0 saturated heterocycles. The van der Waals surface area contributed by atoms with Crippen LogP contribution in [-0.4, -0.2) is 19.5 Å². The van der Waals surface area contributed by atoms with Crippen LogP contribution in [0.2, 0.25) is 5.15 Å². The number of halogens is 1. The SMILES string of the molecule is CCc1cc(-c2cc3cnc(Cl)cc3n2C)ncn1. The lowest BCUT2D eigenvalue weighted by Crippen LogP contribution is -1.96. The lowest BCUT2D eigenvalue weighted by atomic mass is 10.2. The van der Waals surface area contributed by atoms with E-state index in [1.807, 2.05) is 19.2 Å². The molecule has 19 heavy (non-hydrogen) atoms. The van der Waals surface area contributed by atoms with E-state index in [0.717, 1.165) is 34.4 Å². The first-order valence-corrected chi connectivity index (χ1v) is 6.49. The number of aromatic nitrogens is 4. The molecule has 0 aliphatic carbocycles. The van der Waals surface area contributed by atoms with E-state index in [9.17, 15) is 0 Å². The Bertz CT molecular complexity index is 748. The summed E-state index contributed by atoms with van der Waals surface area (Å²) in [5.74, 6) is 0. The highest BCUT2D eigenvalue weighted by atomic mass is 35.5. The van der Waals surface area contributed by atoms with Crippen molar-refractivity contribution in [1.29, 1.82) is 0 Å². The van der Waals surface area contributed by atoms with Gasteiger partial charge in [-0.15, -0.1) is 0 Å². The van der Waals surface area contributed by atoms with Crippen LogP contribution in [0.4, 0.5) is 0 Å². The number of pyridine rings is 1. The van der Waals surface area contributed by atoms with Crippen molar-refractivity contribution in [3.63, 3.8) is 0 Å². The molecule has 3 heterocycles. The molecule has 0 aliphatic rings. The van der Waals surface area contributed by atoms with Crippen LogP contribution < -0.4 is 0 Å². The number of rotatable bonds is 2. The summed E-state index contributed by atoms with van der Waals surface area (Å²) in [4.78, 5) is 12.7. The third-order valence-corrected chi connectivity index (χ3v) is 3.45. The van der Waals surface area contributed by atoms with Gasteiger partial charge in [-0.2, -0.15) is 0 Å². The fraction of sp³-hybridized carbons (Fsp3) is 0.214. The van der Waals surface area contributed by atoms with Gasteiger partial charge in [-0.05, 0) is 24.6 Å². The summed E-state index contributed by atoms with van der Waals surface area (Å²) in [7, 11) is 2.00. The molecule has 0 radical (unpaired) electrons. The van der Waals surface area contributed by atoms with Gasteiger partial charge in [0.25, 0.3) is 0 Å². The molecule has 3 aromatic heterocycles. The predicted molar refractivity (Wildman–Crippen MR) is 76.1 cm³/mol. The summed E-state index contributed by atoms with van der Waals surface area (Å²) in [6, 6.07) is 5.95. The first-order chi connectivity index (χ1) is 9.19. The average Bonchev–Trinajstić information content (AvgIpc) is 2.76. The van der Waals surface area contributed by atoms with Crippen molar-refractivity contribution in [2.24, 2.45) is 7.05 Å². The average molecular weight is 273 g/mol. The van der Waals surface area contributed by atoms with Crippen LogP contribution in [0.1, 0.15) is 12.6 Å². The molecular formula is C14H13ClN4. The molecule has 0 spiro atoms. The molecule has 3 aromatic rings. The molecule has 0 bridgehead atoms. The number of aryl methyl sites for hydroxylation is 2. The number of nitrogens with zero attached hydrogens (tertiary/aromatic N) is 4. The van der Waals surface area contributed by atoms with Crippen LogP contribution in [0, 0.1) is 0 Å². The summed E-state index contributed by atoms with van der Waals surface area (Å²) in [6.07, 6.45) is 4.28. The lowest BCUT2D eigenvalue weighted by molar-refractivity contribution is 0.951. The van der Waals surface area contributed by atoms with Crippen LogP contribution in [-0.2, 0) is 13.5 Å². The van der Waals surface area contributed by atoms with Gasteiger partial charge in [-0.3, -0.25) is 0 Å². The Hall–Kier alpha value is -1.94. The van der Waals surface area contributed by atoms with Gasteiger partial charge in [-0.1, -0.05) is 18.5 Å². The molecule has 0 unspecified atom stereocenters. The number of hydrogen-bond donors (Lipinski definition) is 0. The van der Waals surface area contributed by atoms with Crippen molar-refractivity contribution in [1.82, 2.24) is 19.5 Å². The Kier molecular flexibility index (Phi) is 2.95. The van der Waals surface area contributed by atoms with Crippen molar-refractivity contribution in [3.8, 4) is 11.4 Å². The zero-order chi connectivity index (χ0) is 13.4. The van der Waals surface area contributed by atoms with Gasteiger partial charge in [0.1, 0.15) is 11.5 Å². The summed E-state index contributed by atoms with van der Waals surface area (Å²) in [5.41, 5.74) is 4.04. The molecular weight excluding hydrogens is 260 g/mol. The van der Waals surface area contributed by atoms with Gasteiger partial charge >= 0.3 is 0 Å². The Morgan fingerprint density at radius 2 is 2.00 bits per heavy atom. The monoisotopic (exact) mass is 272 g/mol. The minimum absolute atomic E-state index is 0.497. The van der Waals surface area contributed by atoms with Crippen molar-refractivity contribution in [2.75, 3.05) is 0 Å². The maximum absolute atomic E-state index is 5.94. The fourth-order valence-corrected chi connectivity index (χ4v) is 2.34. The second kappa shape index (κ2) is 4.63. The second-order valence-corrected chi connectivity index (χ2v) is 4.79. The van der Waals surface area contributed by atoms with Crippen LogP contribution in [0.5, 0.6) is 0 Å². The molecule has 5 heteroatoms. The highest BCUT2D eigenvalue weighted by Gasteiger charge is 2.10. The standard InChI is InChI=1S/C14H13ClN4/c1-3-10-5-11(18-8-17-10)13-4-9-7-16-14(15)6-12(9)19(13)2/h4-8H,3H2,1-2H3. The molecule has 0 saturated carbocycles. The van der Waals surface area contributed by atoms with Gasteiger partial charge in [0.15, 0.2) is 0 Å². The van der Waals surface area contributed by atoms with Gasteiger partial charge in [0, 0.05) is 24.3 Å². The molecule has 96 valence electrons. The summed E-state index contributed by atoms with van der Waals surface area (Å²) >= 11 is 5.94. The third kappa shape index (κ3) is 2.08. The Morgan fingerprint density at radius 3 is 2.79 bits per heavy atom. The van der Waals surface area contributed by atoms with Crippen LogP contribution >= 0.6 is 11.6 Å². The van der Waals surface area contributed by atoms with Crippen LogP contribution in [0.3, 0.4) is 0 Å². The highest BCUT2D eigenvalue weighted by Crippen LogP contribution is 2.26. The van der Waals surface area contributed by atoms with E-state index in [-0.39, 0.29) is 0 Å². The number of hydrogen-bond acceptors (Lipinski definition) is 3. The Balaban J connectivity index is 2.21. The van der Waals surface area contributed by atoms with Gasteiger partial charge < -0.3 is 4.57 Å². The zero-order valence-electron chi connectivity index (χ0n) is 10.8. The maximum Gasteiger partial charge on any atom is 0.131 e. The highest BCUT2D eigenvalue weighted by molar-refractivity contribution is 6.30. The first-order valence-electron chi connectivity index (χ1n) is 6.11. The largest absolute Gasteiger partial charge is 0.342 e. The molecule has 0 N–H and O–H groups in total. The third-order valence-electron chi connectivity index (χ3n) is 3.24. The van der Waals surface area contributed by atoms with Crippen molar-refractivity contribution < 1.29 is 0 Å². The molecule has 0 amide bonds. The second-order valence-electron chi connectivity index (χ2n) is 4.40. The molecule has 0 atom stereocenters. The van der Waals surface area contributed by atoms with Gasteiger partial charge in [0.2, 0.25) is 0 Å². The van der Waals surface area contributed by atoms with Gasteiger partial charge in [-0.25, -0.2) is 15.0 Å². The normalized spacial score (nSPS) is 11.1. The molecule has 3 rings (SSSR count). The molecule has 0 fully saturated rings. The summed E-state index contributed by atoms with van der Waals surface area (Å²) in [5, 5.41) is 1.55. The van der Waals surface area contributed by atoms with E-state index in [1.54, 1.807) is 12.5 Å². The molecule has 0 aliphatic heterocycles. The van der Waals surface area contributed by atoms with E-state index in [1.165, 1.54) is 0 Å². The zero-order valence-corrected chi connectivity index (χ0v) is 11.5. The van der Waals surface area contributed by atoms with Crippen molar-refractivity contribution >= 4 is 22.5 Å². The quantitative estimate of drug-likeness (QED) is 0.673. The Morgan fingerprint density at radius 1 is 1.16 bits per heavy atom. The minimum Gasteiger partial charge on any atom is -0.342 e. The van der Waals surface area contributed by atoms with E-state index >= 15 is 0 Å². The topological polar surface area (TPSA) is 43.6 Å². The smallest absolute Gasteiger partial charge is 0.131 e. The summed E-state index contributed by atoms with van der Waals surface area (Å²) in [6.45, 7) is 2.08. The van der Waals surface area contributed by atoms with Crippen molar-refractivity contribution in [2.45, 2.75) is 13.3 Å². The molecule has 0 aromatic carbocycles. The van der Waals surface area contributed by atoms with E-state index < -0.39 is 0 Å². The fourth-order valence-electron chi connectivity index (χ4n) is 2.18. The first kappa shape index (κ1) is 12.1. The Labute approximate surface area is 116 Å². The lowest BCUT2D eigenvalue weighted by Gasteiger charge is -2.04. The number of fused-ring (bicyclic) bond motifs is 1. The van der Waals surface area contributed by atoms with E-state index in [4.69, 9.17) is 11.6 Å². The van der Waals surface area contributed by atoms with Crippen LogP contribution in [0.25, 0.3) is 22.3 Å². The maximum atomic E-state index is 5.94. The van der Waals surface area contributed by atoms with Crippen molar-refractivity contribution in [3.05, 3.63) is 41.6 Å². The van der Waals surface area contributed by atoms with Crippen LogP contribution in [0.15, 0.2) is 30.7 Å². The molecule has 4 nitrogen and oxygen atoms in total.